The first-order chi connectivity index (χ1) is 6.08. The van der Waals surface area contributed by atoms with Gasteiger partial charge in [0.1, 0.15) is 18.0 Å². The molecule has 0 spiro atoms. The quantitative estimate of drug-likeness (QED) is 0.596. The molecule has 4 N–H and O–H groups in total. The Labute approximate surface area is 76.5 Å². The smallest absolute Gasteiger partial charge is 0.121 e. The number of aliphatic hydroxyl groups is 1. The van der Waals surface area contributed by atoms with E-state index in [9.17, 15) is 10.2 Å². The van der Waals surface area contributed by atoms with Gasteiger partial charge in [0.05, 0.1) is 0 Å². The van der Waals surface area contributed by atoms with Crippen LogP contribution in [-0.2, 0) is 10.4 Å². The molecule has 0 fully saturated rings. The van der Waals surface area contributed by atoms with Crippen molar-refractivity contribution in [2.24, 2.45) is 5.90 Å². The first-order valence-corrected chi connectivity index (χ1v) is 3.90. The molecule has 1 atom stereocenters. The molecule has 4 heteroatoms. The Morgan fingerprint density at radius 3 is 2.62 bits per heavy atom. The van der Waals surface area contributed by atoms with E-state index < -0.39 is 5.60 Å². The van der Waals surface area contributed by atoms with Crippen molar-refractivity contribution < 1.29 is 15.1 Å². The van der Waals surface area contributed by atoms with E-state index in [4.69, 9.17) is 5.90 Å². The van der Waals surface area contributed by atoms with Crippen molar-refractivity contribution in [1.82, 2.24) is 0 Å². The van der Waals surface area contributed by atoms with E-state index in [0.29, 0.717) is 5.56 Å². The average molecular weight is 183 g/mol. The molecule has 1 aromatic carbocycles. The van der Waals surface area contributed by atoms with Crippen molar-refractivity contribution in [3.63, 3.8) is 0 Å². The van der Waals surface area contributed by atoms with Gasteiger partial charge in [0, 0.05) is 5.56 Å². The molecule has 0 bridgehead atoms. The highest BCUT2D eigenvalue weighted by molar-refractivity contribution is 5.36. The fourth-order valence-electron chi connectivity index (χ4n) is 1.17. The maximum Gasteiger partial charge on any atom is 0.121 e. The highest BCUT2D eigenvalue weighted by Crippen LogP contribution is 2.28. The monoisotopic (exact) mass is 183 g/mol. The van der Waals surface area contributed by atoms with Crippen molar-refractivity contribution in [3.8, 4) is 5.75 Å². The number of aromatic hydroxyl groups is 1. The third-order valence-electron chi connectivity index (χ3n) is 1.85. The molecule has 0 heterocycles. The molecule has 72 valence electrons. The predicted molar refractivity (Wildman–Crippen MR) is 47.8 cm³/mol. The molecule has 4 nitrogen and oxygen atoms in total. The molecule has 0 radical (unpaired) electrons. The van der Waals surface area contributed by atoms with E-state index in [-0.39, 0.29) is 12.4 Å². The number of phenolic OH excluding ortho intramolecular Hbond substituents is 1. The molecular formula is C9H13NO3. The number of benzene rings is 1. The summed E-state index contributed by atoms with van der Waals surface area (Å²) in [6.45, 7) is 1.46. The van der Waals surface area contributed by atoms with Crippen molar-refractivity contribution in [2.45, 2.75) is 12.5 Å². The molecule has 0 saturated carbocycles. The van der Waals surface area contributed by atoms with Gasteiger partial charge in [-0.1, -0.05) is 18.2 Å². The fraction of sp³-hybridized carbons (Fsp3) is 0.333. The number of hydrogen-bond donors (Lipinski definition) is 3. The van der Waals surface area contributed by atoms with Crippen LogP contribution in [0.4, 0.5) is 0 Å². The Morgan fingerprint density at radius 1 is 1.46 bits per heavy atom. The Kier molecular flexibility index (Phi) is 2.87. The van der Waals surface area contributed by atoms with Crippen LogP contribution in [0.5, 0.6) is 5.75 Å². The third kappa shape index (κ3) is 2.18. The highest BCUT2D eigenvalue weighted by atomic mass is 16.6. The van der Waals surface area contributed by atoms with Crippen molar-refractivity contribution in [2.75, 3.05) is 6.61 Å². The average Bonchev–Trinajstić information content (AvgIpc) is 2.04. The molecule has 1 unspecified atom stereocenters. The van der Waals surface area contributed by atoms with Crippen LogP contribution < -0.4 is 5.90 Å². The number of phenols is 1. The SMILES string of the molecule is CC(O)(CON)c1ccccc1O. The molecule has 1 aromatic rings. The number of nitrogens with two attached hydrogens (primary N) is 1. The van der Waals surface area contributed by atoms with Gasteiger partial charge in [0.15, 0.2) is 0 Å². The van der Waals surface area contributed by atoms with E-state index in [1.807, 2.05) is 0 Å². The Balaban J connectivity index is 2.99. The summed E-state index contributed by atoms with van der Waals surface area (Å²) in [6, 6.07) is 6.52. The summed E-state index contributed by atoms with van der Waals surface area (Å²) in [6.07, 6.45) is 0. The summed E-state index contributed by atoms with van der Waals surface area (Å²) >= 11 is 0. The standard InChI is InChI=1S/C9H13NO3/c1-9(12,6-13-10)7-4-2-3-5-8(7)11/h2-5,11-12H,6,10H2,1H3. The Hall–Kier alpha value is -1.10. The lowest BCUT2D eigenvalue weighted by molar-refractivity contribution is -0.0399. The first kappa shape index (κ1) is 9.98. The normalized spacial score (nSPS) is 15.3. The summed E-state index contributed by atoms with van der Waals surface area (Å²) in [4.78, 5) is 4.35. The van der Waals surface area contributed by atoms with Crippen LogP contribution in [0, 0.1) is 0 Å². The minimum Gasteiger partial charge on any atom is -0.508 e. The van der Waals surface area contributed by atoms with Gasteiger partial charge in [-0.15, -0.1) is 0 Å². The maximum absolute atomic E-state index is 9.80. The molecule has 0 aliphatic heterocycles. The molecule has 1 rings (SSSR count). The topological polar surface area (TPSA) is 75.7 Å². The summed E-state index contributed by atoms with van der Waals surface area (Å²) in [5, 5.41) is 19.2. The van der Waals surface area contributed by atoms with Crippen molar-refractivity contribution in [3.05, 3.63) is 29.8 Å². The van der Waals surface area contributed by atoms with Gasteiger partial charge in [-0.05, 0) is 13.0 Å². The van der Waals surface area contributed by atoms with E-state index in [2.05, 4.69) is 4.84 Å². The van der Waals surface area contributed by atoms with Crippen LogP contribution in [0.2, 0.25) is 0 Å². The van der Waals surface area contributed by atoms with Crippen molar-refractivity contribution in [1.29, 1.82) is 0 Å². The molecule has 0 aliphatic carbocycles. The second kappa shape index (κ2) is 3.74. The van der Waals surface area contributed by atoms with Gasteiger partial charge in [-0.25, -0.2) is 5.90 Å². The van der Waals surface area contributed by atoms with Crippen LogP contribution in [0.25, 0.3) is 0 Å². The zero-order chi connectivity index (χ0) is 9.90. The van der Waals surface area contributed by atoms with Crippen LogP contribution in [0.15, 0.2) is 24.3 Å². The van der Waals surface area contributed by atoms with E-state index >= 15 is 0 Å². The van der Waals surface area contributed by atoms with E-state index in [1.165, 1.54) is 13.0 Å². The zero-order valence-corrected chi connectivity index (χ0v) is 7.40. The Morgan fingerprint density at radius 2 is 2.08 bits per heavy atom. The van der Waals surface area contributed by atoms with Gasteiger partial charge in [0.25, 0.3) is 0 Å². The van der Waals surface area contributed by atoms with Crippen LogP contribution in [0.1, 0.15) is 12.5 Å². The number of para-hydroxylation sites is 1. The third-order valence-corrected chi connectivity index (χ3v) is 1.85. The van der Waals surface area contributed by atoms with Gasteiger partial charge in [0.2, 0.25) is 0 Å². The first-order valence-electron chi connectivity index (χ1n) is 3.90. The molecule has 0 aliphatic rings. The molecular weight excluding hydrogens is 170 g/mol. The van der Waals surface area contributed by atoms with Crippen LogP contribution >= 0.6 is 0 Å². The second-order valence-electron chi connectivity index (χ2n) is 3.10. The summed E-state index contributed by atoms with van der Waals surface area (Å²) in [5.41, 5.74) is -0.861. The largest absolute Gasteiger partial charge is 0.508 e. The minimum absolute atomic E-state index is 0.0320. The van der Waals surface area contributed by atoms with Crippen molar-refractivity contribution >= 4 is 0 Å². The summed E-state index contributed by atoms with van der Waals surface area (Å²) < 4.78 is 0. The maximum atomic E-state index is 9.80. The lowest BCUT2D eigenvalue weighted by Gasteiger charge is -2.22. The van der Waals surface area contributed by atoms with Gasteiger partial charge < -0.3 is 15.1 Å². The lowest BCUT2D eigenvalue weighted by atomic mass is 9.96. The number of hydrogen-bond acceptors (Lipinski definition) is 4. The van der Waals surface area contributed by atoms with E-state index in [0.717, 1.165) is 0 Å². The highest BCUT2D eigenvalue weighted by Gasteiger charge is 2.25. The zero-order valence-electron chi connectivity index (χ0n) is 7.40. The van der Waals surface area contributed by atoms with E-state index in [1.54, 1.807) is 18.2 Å². The fourth-order valence-corrected chi connectivity index (χ4v) is 1.17. The van der Waals surface area contributed by atoms with Gasteiger partial charge >= 0.3 is 0 Å². The summed E-state index contributed by atoms with van der Waals surface area (Å²) in [7, 11) is 0. The van der Waals surface area contributed by atoms with Gasteiger partial charge in [-0.3, -0.25) is 0 Å². The molecule has 0 aromatic heterocycles. The van der Waals surface area contributed by atoms with Crippen LogP contribution in [-0.4, -0.2) is 16.8 Å². The lowest BCUT2D eigenvalue weighted by Crippen LogP contribution is -2.29. The van der Waals surface area contributed by atoms with Gasteiger partial charge in [-0.2, -0.15) is 0 Å². The number of rotatable bonds is 3. The second-order valence-corrected chi connectivity index (χ2v) is 3.10. The Bertz CT molecular complexity index is 286. The minimum atomic E-state index is -1.26. The molecule has 0 saturated heterocycles. The molecule has 0 amide bonds. The summed E-state index contributed by atoms with van der Waals surface area (Å²) in [5.74, 6) is 4.89. The van der Waals surface area contributed by atoms with Crippen LogP contribution in [0.3, 0.4) is 0 Å². The predicted octanol–water partition coefficient (Wildman–Crippen LogP) is 0.490. The molecule has 13 heavy (non-hydrogen) atoms.